The van der Waals surface area contributed by atoms with E-state index in [2.05, 4.69) is 0 Å². The van der Waals surface area contributed by atoms with Crippen LogP contribution >= 0.6 is 23.2 Å². The van der Waals surface area contributed by atoms with E-state index in [9.17, 15) is 14.9 Å². The molecule has 0 saturated heterocycles. The largest absolute Gasteiger partial charge is 0.287 e. The molecule has 0 aliphatic heterocycles. The predicted octanol–water partition coefficient (Wildman–Crippen LogP) is 4.66. The second-order valence-electron chi connectivity index (χ2n) is 6.03. The molecule has 1 heterocycles. The number of pyridine rings is 1. The molecule has 0 atom stereocenters. The van der Waals surface area contributed by atoms with Gasteiger partial charge in [0.25, 0.3) is 5.69 Å². The Morgan fingerprint density at radius 2 is 1.59 bits per heavy atom. The lowest BCUT2D eigenvalue weighted by atomic mass is 10.1. The van der Waals surface area contributed by atoms with Crippen LogP contribution in [0.1, 0.15) is 21.5 Å². The van der Waals surface area contributed by atoms with Crippen LogP contribution in [0.25, 0.3) is 0 Å². The summed E-state index contributed by atoms with van der Waals surface area (Å²) in [5.41, 5.74) is 2.52. The Hall–Kier alpha value is -2.76. The van der Waals surface area contributed by atoms with Gasteiger partial charge in [0, 0.05) is 34.9 Å². The molecule has 2 aromatic carbocycles. The van der Waals surface area contributed by atoms with Gasteiger partial charge in [-0.25, -0.2) is 0 Å². The second-order valence-corrected chi connectivity index (χ2v) is 6.87. The van der Waals surface area contributed by atoms with Crippen molar-refractivity contribution < 1.29 is 14.3 Å². The third-order valence-corrected chi connectivity index (χ3v) is 4.62. The fourth-order valence-electron chi connectivity index (χ4n) is 2.65. The number of aromatic nitrogens is 1. The maximum absolute atomic E-state index is 12.4. The van der Waals surface area contributed by atoms with Crippen molar-refractivity contribution in [2.75, 3.05) is 0 Å². The standard InChI is InChI=1S/C20H15Cl2N2O3/c21-16-3-6-18(19(22)12-16)20(25)13-23-9-7-15(8-10-23)11-14-1-4-17(5-2-14)24(26)27/h1-10,12H,11,13H2/q+1. The molecule has 0 aliphatic carbocycles. The number of carbonyl (C=O) groups is 1. The highest BCUT2D eigenvalue weighted by molar-refractivity contribution is 6.36. The molecule has 7 heteroatoms. The zero-order valence-corrected chi connectivity index (χ0v) is 15.7. The normalized spacial score (nSPS) is 10.6. The predicted molar refractivity (Wildman–Crippen MR) is 103 cm³/mol. The van der Waals surface area contributed by atoms with Gasteiger partial charge in [-0.2, -0.15) is 4.57 Å². The Morgan fingerprint density at radius 3 is 2.19 bits per heavy atom. The van der Waals surface area contributed by atoms with Crippen LogP contribution in [-0.2, 0) is 13.0 Å². The fraction of sp³-hybridized carbons (Fsp3) is 0.100. The first-order valence-corrected chi connectivity index (χ1v) is 8.87. The Balaban J connectivity index is 1.66. The summed E-state index contributed by atoms with van der Waals surface area (Å²) in [7, 11) is 0. The molecule has 136 valence electrons. The molecule has 0 radical (unpaired) electrons. The third-order valence-electron chi connectivity index (χ3n) is 4.07. The van der Waals surface area contributed by atoms with E-state index in [1.54, 1.807) is 34.9 Å². The van der Waals surface area contributed by atoms with Gasteiger partial charge in [-0.05, 0) is 35.7 Å². The number of nitrogens with zero attached hydrogens (tertiary/aromatic N) is 2. The van der Waals surface area contributed by atoms with Gasteiger partial charge in [-0.1, -0.05) is 35.3 Å². The maximum Gasteiger partial charge on any atom is 0.269 e. The lowest BCUT2D eigenvalue weighted by molar-refractivity contribution is -0.683. The van der Waals surface area contributed by atoms with E-state index < -0.39 is 4.92 Å². The van der Waals surface area contributed by atoms with E-state index in [-0.39, 0.29) is 18.0 Å². The van der Waals surface area contributed by atoms with Gasteiger partial charge in [0.05, 0.1) is 9.95 Å². The van der Waals surface area contributed by atoms with Crippen molar-refractivity contribution in [3.63, 3.8) is 0 Å². The first-order valence-electron chi connectivity index (χ1n) is 8.12. The number of non-ortho nitro benzene ring substituents is 1. The molecular weight excluding hydrogens is 387 g/mol. The van der Waals surface area contributed by atoms with Gasteiger partial charge in [0.15, 0.2) is 12.4 Å². The van der Waals surface area contributed by atoms with Gasteiger partial charge < -0.3 is 0 Å². The van der Waals surface area contributed by atoms with E-state index in [4.69, 9.17) is 23.2 Å². The van der Waals surface area contributed by atoms with Crippen molar-refractivity contribution >= 4 is 34.7 Å². The van der Waals surface area contributed by atoms with Crippen molar-refractivity contribution in [3.05, 3.63) is 104 Å². The number of Topliss-reactive ketones (excluding diaryl/α,β-unsaturated/α-hetero) is 1. The first kappa shape index (κ1) is 19.0. The van der Waals surface area contributed by atoms with E-state index in [0.717, 1.165) is 11.1 Å². The number of rotatable bonds is 6. The van der Waals surface area contributed by atoms with Crippen LogP contribution in [0.3, 0.4) is 0 Å². The summed E-state index contributed by atoms with van der Waals surface area (Å²) in [6.45, 7) is 0.166. The zero-order chi connectivity index (χ0) is 19.4. The van der Waals surface area contributed by atoms with Crippen LogP contribution in [0.4, 0.5) is 5.69 Å². The number of hydrogen-bond donors (Lipinski definition) is 0. The molecule has 0 unspecified atom stereocenters. The van der Waals surface area contributed by atoms with Crippen LogP contribution in [-0.4, -0.2) is 10.7 Å². The third kappa shape index (κ3) is 4.90. The minimum Gasteiger partial charge on any atom is -0.287 e. The SMILES string of the molecule is O=C(C[n+]1ccc(Cc2ccc([N+](=O)[O-])cc2)cc1)c1ccc(Cl)cc1Cl. The minimum absolute atomic E-state index is 0.0732. The molecule has 5 nitrogen and oxygen atoms in total. The van der Waals surface area contributed by atoms with E-state index >= 15 is 0 Å². The fourth-order valence-corrected chi connectivity index (χ4v) is 3.16. The van der Waals surface area contributed by atoms with Crippen LogP contribution in [0, 0.1) is 10.1 Å². The Labute approximate surface area is 165 Å². The molecule has 3 rings (SSSR count). The quantitative estimate of drug-likeness (QED) is 0.261. The van der Waals surface area contributed by atoms with Crippen LogP contribution in [0.2, 0.25) is 10.0 Å². The lowest BCUT2D eigenvalue weighted by Gasteiger charge is -2.03. The summed E-state index contributed by atoms with van der Waals surface area (Å²) >= 11 is 11.9. The molecule has 0 spiro atoms. The van der Waals surface area contributed by atoms with Crippen molar-refractivity contribution in [1.29, 1.82) is 0 Å². The molecule has 0 N–H and O–H groups in total. The average molecular weight is 402 g/mol. The monoisotopic (exact) mass is 401 g/mol. The van der Waals surface area contributed by atoms with Crippen LogP contribution in [0.5, 0.6) is 0 Å². The van der Waals surface area contributed by atoms with Gasteiger partial charge in [-0.15, -0.1) is 0 Å². The molecule has 0 fully saturated rings. The Kier molecular flexibility index (Phi) is 5.84. The van der Waals surface area contributed by atoms with Crippen molar-refractivity contribution in [3.8, 4) is 0 Å². The number of ketones is 1. The number of nitro benzene ring substituents is 1. The van der Waals surface area contributed by atoms with Crippen molar-refractivity contribution in [1.82, 2.24) is 0 Å². The first-order chi connectivity index (χ1) is 12.9. The van der Waals surface area contributed by atoms with Gasteiger partial charge in [0.2, 0.25) is 12.3 Å². The average Bonchev–Trinajstić information content (AvgIpc) is 2.63. The number of benzene rings is 2. The van der Waals surface area contributed by atoms with Crippen molar-refractivity contribution in [2.24, 2.45) is 0 Å². The molecule has 0 bridgehead atoms. The summed E-state index contributed by atoms with van der Waals surface area (Å²) in [6.07, 6.45) is 4.29. The molecule has 3 aromatic rings. The van der Waals surface area contributed by atoms with E-state index in [1.807, 2.05) is 24.5 Å². The number of hydrogen-bond acceptors (Lipinski definition) is 3. The number of nitro groups is 1. The maximum atomic E-state index is 12.4. The van der Waals surface area contributed by atoms with Gasteiger partial charge in [-0.3, -0.25) is 14.9 Å². The Bertz CT molecular complexity index is 987. The van der Waals surface area contributed by atoms with E-state index in [0.29, 0.717) is 22.0 Å². The highest BCUT2D eigenvalue weighted by Gasteiger charge is 2.15. The number of halogens is 2. The van der Waals surface area contributed by atoms with Gasteiger partial charge >= 0.3 is 0 Å². The highest BCUT2D eigenvalue weighted by Crippen LogP contribution is 2.21. The molecule has 0 saturated carbocycles. The summed E-state index contributed by atoms with van der Waals surface area (Å²) in [5.74, 6) is -0.107. The van der Waals surface area contributed by atoms with E-state index in [1.165, 1.54) is 12.1 Å². The molecule has 27 heavy (non-hydrogen) atoms. The smallest absolute Gasteiger partial charge is 0.269 e. The second kappa shape index (κ2) is 8.29. The highest BCUT2D eigenvalue weighted by atomic mass is 35.5. The topological polar surface area (TPSA) is 64.1 Å². The van der Waals surface area contributed by atoms with Gasteiger partial charge in [0.1, 0.15) is 0 Å². The molecule has 0 amide bonds. The lowest BCUT2D eigenvalue weighted by Crippen LogP contribution is -2.37. The molecule has 1 aromatic heterocycles. The summed E-state index contributed by atoms with van der Waals surface area (Å²) in [5, 5.41) is 11.5. The summed E-state index contributed by atoms with van der Waals surface area (Å²) in [4.78, 5) is 22.7. The zero-order valence-electron chi connectivity index (χ0n) is 14.1. The van der Waals surface area contributed by atoms with Crippen LogP contribution < -0.4 is 4.57 Å². The molecular formula is C20H15Cl2N2O3+. The minimum atomic E-state index is -0.417. The summed E-state index contributed by atoms with van der Waals surface area (Å²) < 4.78 is 1.77. The summed E-state index contributed by atoms with van der Waals surface area (Å²) in [6, 6.07) is 15.1. The van der Waals surface area contributed by atoms with Crippen molar-refractivity contribution in [2.45, 2.75) is 13.0 Å². The Morgan fingerprint density at radius 1 is 0.963 bits per heavy atom. The number of carbonyl (C=O) groups excluding carboxylic acids is 1. The molecule has 0 aliphatic rings. The van der Waals surface area contributed by atoms with Crippen LogP contribution in [0.15, 0.2) is 67.0 Å².